The minimum atomic E-state index is -1.65. The highest BCUT2D eigenvalue weighted by atomic mass is 35.5. The summed E-state index contributed by atoms with van der Waals surface area (Å²) >= 11 is 6.34. The predicted molar refractivity (Wildman–Crippen MR) is 378 cm³/mol. The van der Waals surface area contributed by atoms with Crippen LogP contribution in [0.2, 0.25) is 5.02 Å². The molecule has 1 aliphatic heterocycles. The Bertz CT molecular complexity index is 3560. The van der Waals surface area contributed by atoms with Crippen molar-refractivity contribution in [2.45, 2.75) is 217 Å². The molecule has 27 heteroatoms. The van der Waals surface area contributed by atoms with Crippen molar-refractivity contribution in [3.05, 3.63) is 113 Å². The molecule has 544 valence electrons. The van der Waals surface area contributed by atoms with Gasteiger partial charge in [-0.3, -0.25) is 62.9 Å². The number of ketones is 8. The quantitative estimate of drug-likeness (QED) is 0.0300. The van der Waals surface area contributed by atoms with Gasteiger partial charge < -0.3 is 47.5 Å². The summed E-state index contributed by atoms with van der Waals surface area (Å²) in [6.07, 6.45) is 9.71. The topological polar surface area (TPSA) is 407 Å². The van der Waals surface area contributed by atoms with Crippen LogP contribution in [0, 0.1) is 5.92 Å². The van der Waals surface area contributed by atoms with E-state index in [1.54, 1.807) is 64.2 Å². The Morgan fingerprint density at radius 2 is 1.42 bits per heavy atom. The number of aromatic hydroxyl groups is 1. The van der Waals surface area contributed by atoms with Crippen molar-refractivity contribution < 1.29 is 67.7 Å². The first-order valence-electron chi connectivity index (χ1n) is 34.5. The Kier molecular flexibility index (Phi) is 31.3. The summed E-state index contributed by atoms with van der Waals surface area (Å²) in [4.78, 5) is 171. The highest BCUT2D eigenvalue weighted by molar-refractivity contribution is 6.41. The lowest BCUT2D eigenvalue weighted by Crippen LogP contribution is -2.63. The van der Waals surface area contributed by atoms with Gasteiger partial charge in [-0.1, -0.05) is 105 Å². The normalized spacial score (nSPS) is 24.1. The number of allylic oxidation sites excluding steroid dienone is 2. The van der Waals surface area contributed by atoms with Crippen LogP contribution in [0.4, 0.5) is 0 Å². The Morgan fingerprint density at radius 3 is 2.08 bits per heavy atom. The summed E-state index contributed by atoms with van der Waals surface area (Å²) in [5.74, 6) is -8.99. The van der Waals surface area contributed by atoms with Gasteiger partial charge in [0.2, 0.25) is 35.1 Å². The fourth-order valence-electron chi connectivity index (χ4n) is 11.8. The van der Waals surface area contributed by atoms with E-state index in [2.05, 4.69) is 58.6 Å². The molecule has 15 N–H and O–H groups in total. The SMILES string of the molecule is CC(=O)C(=O)[C@H](Cc1ccccc1)NN[C@]1(C)CCCCCCC=CCCC[C@@](C)(C(=O)CN[C@@H](C)C(=O)CN)NC(=O)[C@H](CC(C)C)NC(=O)C2(CC2)NN[C@@H](CCC(=O)O)C(=O)C(=O)[C@H](Cc2c[nH]c3cc(Cl)ccc23)NC(=O)[C@H](Cc2ccc(O)cc2)NCC(=O)[C@H](C)NCC1=O. The minimum Gasteiger partial charge on any atom is -0.508 e. The van der Waals surface area contributed by atoms with Gasteiger partial charge in [-0.05, 0) is 152 Å². The van der Waals surface area contributed by atoms with E-state index in [1.165, 1.54) is 19.1 Å². The van der Waals surface area contributed by atoms with E-state index >= 15 is 4.79 Å². The molecule has 0 radical (unpaired) electrons. The number of carboxylic acids is 1. The largest absolute Gasteiger partial charge is 0.508 e. The maximum Gasteiger partial charge on any atom is 0.303 e. The van der Waals surface area contributed by atoms with Crippen LogP contribution in [0.15, 0.2) is 91.1 Å². The van der Waals surface area contributed by atoms with Crippen molar-refractivity contribution in [1.29, 1.82) is 0 Å². The third-order valence-corrected chi connectivity index (χ3v) is 18.9. The molecule has 1 fully saturated rings. The number of aliphatic carboxylic acids is 1. The molecule has 1 aliphatic carbocycles. The van der Waals surface area contributed by atoms with E-state index in [4.69, 9.17) is 17.3 Å². The van der Waals surface area contributed by atoms with Gasteiger partial charge in [-0.25, -0.2) is 21.7 Å². The van der Waals surface area contributed by atoms with Gasteiger partial charge in [-0.2, -0.15) is 0 Å². The monoisotopic (exact) mass is 1400 g/mol. The van der Waals surface area contributed by atoms with Gasteiger partial charge in [-0.15, -0.1) is 0 Å². The number of rotatable bonds is 22. The molecule has 100 heavy (non-hydrogen) atoms. The highest BCUT2D eigenvalue weighted by Crippen LogP contribution is 2.36. The summed E-state index contributed by atoms with van der Waals surface area (Å²) in [7, 11) is 0. The average Bonchev–Trinajstić information content (AvgIpc) is 1.61. The van der Waals surface area contributed by atoms with E-state index in [-0.39, 0.29) is 94.2 Å². The van der Waals surface area contributed by atoms with Crippen molar-refractivity contribution in [3.63, 3.8) is 0 Å². The Balaban J connectivity index is 1.34. The molecule has 1 spiro atoms. The van der Waals surface area contributed by atoms with Gasteiger partial charge in [0.1, 0.15) is 17.3 Å². The van der Waals surface area contributed by atoms with E-state index < -0.39 is 137 Å². The number of nitrogens with one attached hydrogen (secondary N) is 11. The number of hydrogen-bond acceptors (Lipinski definition) is 21. The third-order valence-electron chi connectivity index (χ3n) is 18.6. The molecule has 1 saturated carbocycles. The third kappa shape index (κ3) is 24.6. The lowest BCUT2D eigenvalue weighted by molar-refractivity contribution is -0.141. The van der Waals surface area contributed by atoms with Gasteiger partial charge >= 0.3 is 5.97 Å². The number of hydrogen-bond donors (Lipinski definition) is 14. The van der Waals surface area contributed by atoms with E-state index in [9.17, 15) is 63.0 Å². The van der Waals surface area contributed by atoms with Crippen molar-refractivity contribution in [2.24, 2.45) is 11.7 Å². The zero-order chi connectivity index (χ0) is 73.3. The molecule has 3 aromatic carbocycles. The maximum atomic E-state index is 15.0. The number of carboxylic acid groups (broad SMARTS) is 1. The molecule has 0 saturated heterocycles. The number of phenolic OH excluding ortho intramolecular Hbond substituents is 1. The van der Waals surface area contributed by atoms with Crippen molar-refractivity contribution >= 4 is 92.5 Å². The molecular weight excluding hydrogens is 1300 g/mol. The summed E-state index contributed by atoms with van der Waals surface area (Å²) in [5, 5.41) is 38.6. The first-order valence-corrected chi connectivity index (χ1v) is 34.9. The van der Waals surface area contributed by atoms with Crippen LogP contribution >= 0.6 is 11.6 Å². The smallest absolute Gasteiger partial charge is 0.303 e. The van der Waals surface area contributed by atoms with Gasteiger partial charge in [0, 0.05) is 41.9 Å². The number of nitrogens with two attached hydrogens (primary N) is 1. The fraction of sp³-hybridized carbons (Fsp3) is 0.534. The molecule has 4 aromatic rings. The number of hydrazine groups is 2. The van der Waals surface area contributed by atoms with E-state index in [0.29, 0.717) is 59.2 Å². The molecule has 6 rings (SSSR count). The first kappa shape index (κ1) is 80.9. The number of Topliss-reactive ketones (excluding diaryl/α,β-unsaturated/α-hetero) is 8. The van der Waals surface area contributed by atoms with Crippen LogP contribution in [0.1, 0.15) is 155 Å². The molecule has 2 aliphatic rings. The lowest BCUT2D eigenvalue weighted by Gasteiger charge is -2.33. The number of H-pyrrole nitrogens is 1. The second kappa shape index (κ2) is 38.7. The molecule has 26 nitrogen and oxygen atoms in total. The zero-order valence-corrected chi connectivity index (χ0v) is 59.1. The number of carbonyl (C=O) groups excluding carboxylic acids is 11. The van der Waals surface area contributed by atoms with Crippen LogP contribution in [0.3, 0.4) is 0 Å². The predicted octanol–water partition coefficient (Wildman–Crippen LogP) is 4.05. The molecule has 9 atom stereocenters. The molecule has 1 aromatic heterocycles. The second-order valence-electron chi connectivity index (χ2n) is 27.4. The minimum absolute atomic E-state index is 0.0666. The van der Waals surface area contributed by atoms with Gasteiger partial charge in [0.05, 0.1) is 73.5 Å². The number of amides is 3. The number of halogens is 1. The average molecular weight is 1410 g/mol. The zero-order valence-electron chi connectivity index (χ0n) is 58.4. The van der Waals surface area contributed by atoms with Crippen molar-refractivity contribution in [1.82, 2.24) is 58.6 Å². The van der Waals surface area contributed by atoms with Crippen LogP contribution < -0.4 is 59.3 Å². The van der Waals surface area contributed by atoms with Crippen LogP contribution in [0.25, 0.3) is 10.9 Å². The Morgan fingerprint density at radius 1 is 0.740 bits per heavy atom. The summed E-state index contributed by atoms with van der Waals surface area (Å²) in [6.45, 7) is 9.95. The van der Waals surface area contributed by atoms with Gasteiger partial charge in [0.15, 0.2) is 28.9 Å². The van der Waals surface area contributed by atoms with Crippen molar-refractivity contribution in [2.75, 3.05) is 26.2 Å². The Labute approximate surface area is 589 Å². The Hall–Kier alpha value is -8.05. The standard InChI is InChI=1S/C73H101ClN12O14/c1-44(2)34-59-69(99)82-71(6,62(91)42-76-45(3)60(89)39-75)30-18-13-11-9-8-10-12-14-19-31-72(7,85-84-57(65(95)47(5)87)35-48-20-16-15-17-21-48)63(92)43-77-46(4)61(90)41-79-58(36-49-22-25-52(88)26-23-49)68(98)80-56(37-50-40-78-55-38-51(74)24-27-53(50)55)67(97)66(96)54(28-29-64(93)94)83-86-73(32-33-73)70(100)81-59/h9,11,15-17,20-27,38,40,44-46,54,56-59,76-79,83-86,88H,8,10,12-14,18-19,28-37,39,41-43,75H2,1-7H3,(H,80,98)(H,81,100)(H,82,99)(H,93,94)/t45-,46-,54-,56-,57-,58-,59-,71-,72+/m0/s1. The summed E-state index contributed by atoms with van der Waals surface area (Å²) in [6, 6.07) is 11.4. The molecule has 3 amide bonds. The van der Waals surface area contributed by atoms with Crippen LogP contribution in [-0.2, 0) is 76.8 Å². The van der Waals surface area contributed by atoms with E-state index in [1.807, 2.05) is 56.3 Å². The number of benzene rings is 3. The molecule has 0 unspecified atom stereocenters. The number of aromatic nitrogens is 1. The molecule has 2 heterocycles. The molecule has 0 bridgehead atoms. The summed E-state index contributed by atoms with van der Waals surface area (Å²) < 4.78 is 0. The maximum absolute atomic E-state index is 15.0. The fourth-order valence-corrected chi connectivity index (χ4v) is 12.0. The number of phenols is 1. The van der Waals surface area contributed by atoms with E-state index in [0.717, 1.165) is 18.4 Å². The lowest BCUT2D eigenvalue weighted by atomic mass is 9.88. The number of carbonyl (C=O) groups is 12. The van der Waals surface area contributed by atoms with Gasteiger partial charge in [0.25, 0.3) is 0 Å². The number of fused-ring (bicyclic) bond motifs is 1. The second-order valence-corrected chi connectivity index (χ2v) is 27.8. The van der Waals surface area contributed by atoms with Crippen LogP contribution in [-0.4, -0.2) is 170 Å². The highest BCUT2D eigenvalue weighted by Gasteiger charge is 2.52. The van der Waals surface area contributed by atoms with Crippen molar-refractivity contribution in [3.8, 4) is 5.75 Å². The summed E-state index contributed by atoms with van der Waals surface area (Å²) in [5.41, 5.74) is 15.4. The number of aromatic amines is 1. The van der Waals surface area contributed by atoms with Crippen LogP contribution in [0.5, 0.6) is 5.75 Å². The first-order chi connectivity index (χ1) is 47.5. The molecular formula is C73H101ClN12O14.